The van der Waals surface area contributed by atoms with E-state index < -0.39 is 0 Å². The van der Waals surface area contributed by atoms with Crippen LogP contribution >= 0.6 is 0 Å². The molecule has 90 valence electrons. The summed E-state index contributed by atoms with van der Waals surface area (Å²) in [5.74, 6) is 0.427. The van der Waals surface area contributed by atoms with Crippen molar-refractivity contribution < 1.29 is 4.79 Å². The zero-order chi connectivity index (χ0) is 12.4. The number of rotatable bonds is 3. The normalized spacial score (nSPS) is 12.9. The lowest BCUT2D eigenvalue weighted by Gasteiger charge is -2.17. The molecule has 2 N–H and O–H groups in total. The second-order valence-electron chi connectivity index (χ2n) is 4.79. The van der Waals surface area contributed by atoms with Crippen LogP contribution in [0.25, 0.3) is 10.9 Å². The Balaban J connectivity index is 2.18. The Kier molecular flexibility index (Phi) is 3.18. The molecule has 1 aromatic heterocycles. The quantitative estimate of drug-likeness (QED) is 0.836. The van der Waals surface area contributed by atoms with Crippen molar-refractivity contribution in [2.45, 2.75) is 26.8 Å². The van der Waals surface area contributed by atoms with E-state index >= 15 is 0 Å². The van der Waals surface area contributed by atoms with Gasteiger partial charge in [0.2, 0.25) is 0 Å². The van der Waals surface area contributed by atoms with Crippen LogP contribution in [0.5, 0.6) is 0 Å². The summed E-state index contributed by atoms with van der Waals surface area (Å²) >= 11 is 0. The van der Waals surface area contributed by atoms with Crippen molar-refractivity contribution in [3.63, 3.8) is 0 Å². The van der Waals surface area contributed by atoms with Gasteiger partial charge in [0.25, 0.3) is 5.91 Å². The molecule has 1 atom stereocenters. The third kappa shape index (κ3) is 2.49. The summed E-state index contributed by atoms with van der Waals surface area (Å²) in [7, 11) is 0. The smallest absolute Gasteiger partial charge is 0.251 e. The SMILES string of the molecule is CC(C)C(C)NC(=O)c1ccc2cc[nH]c2c1. The van der Waals surface area contributed by atoms with Gasteiger partial charge < -0.3 is 10.3 Å². The number of amides is 1. The monoisotopic (exact) mass is 230 g/mol. The summed E-state index contributed by atoms with van der Waals surface area (Å²) in [5, 5.41) is 4.12. The van der Waals surface area contributed by atoms with E-state index in [1.165, 1.54) is 0 Å². The van der Waals surface area contributed by atoms with Crippen molar-refractivity contribution in [3.8, 4) is 0 Å². The van der Waals surface area contributed by atoms with Crippen molar-refractivity contribution in [2.75, 3.05) is 0 Å². The molecule has 0 spiro atoms. The van der Waals surface area contributed by atoms with Gasteiger partial charge in [0.15, 0.2) is 0 Å². The number of nitrogens with one attached hydrogen (secondary N) is 2. The Hall–Kier alpha value is -1.77. The lowest BCUT2D eigenvalue weighted by Crippen LogP contribution is -2.36. The number of aromatic nitrogens is 1. The predicted octanol–water partition coefficient (Wildman–Crippen LogP) is 2.94. The molecule has 0 bridgehead atoms. The van der Waals surface area contributed by atoms with Crippen LogP contribution in [0.1, 0.15) is 31.1 Å². The van der Waals surface area contributed by atoms with Crippen LogP contribution in [-0.2, 0) is 0 Å². The fourth-order valence-electron chi connectivity index (χ4n) is 1.65. The minimum Gasteiger partial charge on any atom is -0.361 e. The summed E-state index contributed by atoms with van der Waals surface area (Å²) in [6.07, 6.45) is 1.88. The highest BCUT2D eigenvalue weighted by atomic mass is 16.1. The number of fused-ring (bicyclic) bond motifs is 1. The molecule has 17 heavy (non-hydrogen) atoms. The highest BCUT2D eigenvalue weighted by Crippen LogP contribution is 2.14. The van der Waals surface area contributed by atoms with Crippen LogP contribution < -0.4 is 5.32 Å². The van der Waals surface area contributed by atoms with Gasteiger partial charge in [-0.1, -0.05) is 19.9 Å². The maximum Gasteiger partial charge on any atom is 0.251 e. The molecule has 0 aliphatic heterocycles. The van der Waals surface area contributed by atoms with Crippen LogP contribution in [0, 0.1) is 5.92 Å². The molecule has 1 aromatic carbocycles. The predicted molar refractivity (Wildman–Crippen MR) is 70.1 cm³/mol. The molecule has 2 aromatic rings. The average molecular weight is 230 g/mol. The second kappa shape index (κ2) is 4.62. The van der Waals surface area contributed by atoms with Gasteiger partial charge >= 0.3 is 0 Å². The third-order valence-corrected chi connectivity index (χ3v) is 3.18. The molecule has 0 saturated carbocycles. The highest BCUT2D eigenvalue weighted by Gasteiger charge is 2.12. The average Bonchev–Trinajstić information content (AvgIpc) is 2.75. The summed E-state index contributed by atoms with van der Waals surface area (Å²) in [6.45, 7) is 6.22. The van der Waals surface area contributed by atoms with Gasteiger partial charge in [-0.15, -0.1) is 0 Å². The lowest BCUT2D eigenvalue weighted by atomic mass is 10.1. The Morgan fingerprint density at radius 1 is 1.24 bits per heavy atom. The van der Waals surface area contributed by atoms with Crippen LogP contribution in [0.15, 0.2) is 30.5 Å². The van der Waals surface area contributed by atoms with Crippen LogP contribution in [0.2, 0.25) is 0 Å². The van der Waals surface area contributed by atoms with E-state index in [0.29, 0.717) is 11.5 Å². The first-order chi connectivity index (χ1) is 8.08. The van der Waals surface area contributed by atoms with E-state index in [-0.39, 0.29) is 11.9 Å². The van der Waals surface area contributed by atoms with Gasteiger partial charge in [-0.25, -0.2) is 0 Å². The zero-order valence-corrected chi connectivity index (χ0v) is 10.4. The van der Waals surface area contributed by atoms with Crippen LogP contribution in [0.3, 0.4) is 0 Å². The summed E-state index contributed by atoms with van der Waals surface area (Å²) < 4.78 is 0. The van der Waals surface area contributed by atoms with E-state index in [1.807, 2.05) is 37.4 Å². The first-order valence-electron chi connectivity index (χ1n) is 5.96. The second-order valence-corrected chi connectivity index (χ2v) is 4.79. The number of aromatic amines is 1. The molecule has 0 aliphatic carbocycles. The van der Waals surface area contributed by atoms with Gasteiger partial charge in [0.05, 0.1) is 0 Å². The topological polar surface area (TPSA) is 44.9 Å². The zero-order valence-electron chi connectivity index (χ0n) is 10.4. The van der Waals surface area contributed by atoms with E-state index in [9.17, 15) is 4.79 Å². The molecule has 1 amide bonds. The molecule has 2 rings (SSSR count). The Morgan fingerprint density at radius 2 is 2.00 bits per heavy atom. The third-order valence-electron chi connectivity index (χ3n) is 3.18. The molecule has 0 radical (unpaired) electrons. The Labute approximate surface area is 101 Å². The van der Waals surface area contributed by atoms with E-state index in [2.05, 4.69) is 24.1 Å². The molecule has 0 aliphatic rings. The van der Waals surface area contributed by atoms with Gasteiger partial charge in [-0.3, -0.25) is 4.79 Å². The molecule has 0 fully saturated rings. The van der Waals surface area contributed by atoms with E-state index in [4.69, 9.17) is 0 Å². The van der Waals surface area contributed by atoms with Crippen molar-refractivity contribution in [2.24, 2.45) is 5.92 Å². The molecule has 1 heterocycles. The van der Waals surface area contributed by atoms with E-state index in [1.54, 1.807) is 0 Å². The number of carbonyl (C=O) groups excluding carboxylic acids is 1. The molecular weight excluding hydrogens is 212 g/mol. The number of H-pyrrole nitrogens is 1. The first-order valence-corrected chi connectivity index (χ1v) is 5.96. The Bertz CT molecular complexity index is 528. The van der Waals surface area contributed by atoms with Crippen molar-refractivity contribution in [1.82, 2.24) is 10.3 Å². The van der Waals surface area contributed by atoms with Crippen molar-refractivity contribution >= 4 is 16.8 Å². The molecule has 3 nitrogen and oxygen atoms in total. The van der Waals surface area contributed by atoms with Crippen molar-refractivity contribution in [3.05, 3.63) is 36.0 Å². The minimum absolute atomic E-state index is 0.0114. The molecule has 0 saturated heterocycles. The van der Waals surface area contributed by atoms with Gasteiger partial charge in [0, 0.05) is 23.3 Å². The fourth-order valence-corrected chi connectivity index (χ4v) is 1.65. The first kappa shape index (κ1) is 11.7. The molecular formula is C14H18N2O. The Morgan fingerprint density at radius 3 is 2.71 bits per heavy atom. The standard InChI is InChI=1S/C14H18N2O/c1-9(2)10(3)16-14(17)12-5-4-11-6-7-15-13(11)8-12/h4-10,15H,1-3H3,(H,16,17). The van der Waals surface area contributed by atoms with E-state index in [0.717, 1.165) is 10.9 Å². The van der Waals surface area contributed by atoms with Crippen molar-refractivity contribution in [1.29, 1.82) is 0 Å². The number of carbonyl (C=O) groups is 1. The maximum absolute atomic E-state index is 12.0. The number of hydrogen-bond acceptors (Lipinski definition) is 1. The van der Waals surface area contributed by atoms with Gasteiger partial charge in [0.1, 0.15) is 0 Å². The van der Waals surface area contributed by atoms with Crippen LogP contribution in [0.4, 0.5) is 0 Å². The van der Waals surface area contributed by atoms with Gasteiger partial charge in [-0.05, 0) is 36.4 Å². The minimum atomic E-state index is -0.0114. The lowest BCUT2D eigenvalue weighted by molar-refractivity contribution is 0.0930. The fraction of sp³-hybridized carbons (Fsp3) is 0.357. The molecule has 1 unspecified atom stereocenters. The highest BCUT2D eigenvalue weighted by molar-refractivity contribution is 5.98. The number of hydrogen-bond donors (Lipinski definition) is 2. The summed E-state index contributed by atoms with van der Waals surface area (Å²) in [4.78, 5) is 15.1. The van der Waals surface area contributed by atoms with Gasteiger partial charge in [-0.2, -0.15) is 0 Å². The summed E-state index contributed by atoms with van der Waals surface area (Å²) in [5.41, 5.74) is 1.70. The maximum atomic E-state index is 12.0. The summed E-state index contributed by atoms with van der Waals surface area (Å²) in [6, 6.07) is 7.88. The largest absolute Gasteiger partial charge is 0.361 e. The number of benzene rings is 1. The van der Waals surface area contributed by atoms with Crippen LogP contribution in [-0.4, -0.2) is 16.9 Å². The molecule has 3 heteroatoms.